The van der Waals surface area contributed by atoms with Gasteiger partial charge in [0, 0.05) is 13.7 Å². The average Bonchev–Trinajstić information content (AvgIpc) is 2.30. The van der Waals surface area contributed by atoms with Crippen molar-refractivity contribution in [2.75, 3.05) is 20.3 Å². The minimum atomic E-state index is -0.0797. The van der Waals surface area contributed by atoms with Crippen LogP contribution in [0, 0.1) is 5.92 Å². The van der Waals surface area contributed by atoms with Crippen molar-refractivity contribution >= 4 is 0 Å². The smallest absolute Gasteiger partial charge is 0.0809 e. The van der Waals surface area contributed by atoms with Crippen molar-refractivity contribution in [1.29, 1.82) is 0 Å². The molecule has 0 spiro atoms. The molecule has 0 radical (unpaired) electrons. The van der Waals surface area contributed by atoms with E-state index in [0.29, 0.717) is 13.2 Å². The van der Waals surface area contributed by atoms with E-state index in [1.807, 2.05) is 0 Å². The number of hydrogen-bond donors (Lipinski definition) is 1. The Morgan fingerprint density at radius 2 is 2.00 bits per heavy atom. The monoisotopic (exact) mass is 229 g/mol. The molecule has 1 fully saturated rings. The molecule has 96 valence electrons. The largest absolute Gasteiger partial charge is 0.382 e. The molecule has 1 unspecified atom stereocenters. The predicted octanol–water partition coefficient (Wildman–Crippen LogP) is 2.34. The molecule has 0 aromatic rings. The summed E-state index contributed by atoms with van der Waals surface area (Å²) >= 11 is 0. The number of methoxy groups -OCH3 is 1. The van der Waals surface area contributed by atoms with Crippen LogP contribution in [-0.4, -0.2) is 32.0 Å². The van der Waals surface area contributed by atoms with Gasteiger partial charge in [-0.15, -0.1) is 0 Å². The molecule has 0 aliphatic heterocycles. The Labute approximate surface area is 99.7 Å². The summed E-state index contributed by atoms with van der Waals surface area (Å²) in [6.45, 7) is 5.62. The molecule has 0 aromatic heterocycles. The van der Waals surface area contributed by atoms with E-state index in [1.165, 1.54) is 19.3 Å². The summed E-state index contributed by atoms with van der Waals surface area (Å²) in [5, 5.41) is 0. The molecule has 0 saturated heterocycles. The van der Waals surface area contributed by atoms with Gasteiger partial charge < -0.3 is 15.2 Å². The van der Waals surface area contributed by atoms with Gasteiger partial charge in [0.15, 0.2) is 0 Å². The Bertz CT molecular complexity index is 188. The molecule has 3 nitrogen and oxygen atoms in total. The minimum Gasteiger partial charge on any atom is -0.382 e. The Kier molecular flexibility index (Phi) is 5.73. The number of hydrogen-bond acceptors (Lipinski definition) is 3. The molecule has 0 heterocycles. The van der Waals surface area contributed by atoms with Gasteiger partial charge in [0.05, 0.1) is 18.3 Å². The predicted molar refractivity (Wildman–Crippen MR) is 66.5 cm³/mol. The van der Waals surface area contributed by atoms with Gasteiger partial charge in [-0.05, 0) is 38.5 Å². The van der Waals surface area contributed by atoms with Crippen molar-refractivity contribution < 1.29 is 9.47 Å². The molecule has 1 atom stereocenters. The molecule has 0 amide bonds. The van der Waals surface area contributed by atoms with Gasteiger partial charge in [0.1, 0.15) is 0 Å². The molecule has 3 heteroatoms. The van der Waals surface area contributed by atoms with Crippen molar-refractivity contribution in [3.8, 4) is 0 Å². The molecular weight excluding hydrogens is 202 g/mol. The lowest BCUT2D eigenvalue weighted by atomic mass is 9.77. The Morgan fingerprint density at radius 3 is 2.44 bits per heavy atom. The first kappa shape index (κ1) is 13.9. The van der Waals surface area contributed by atoms with Crippen LogP contribution in [-0.2, 0) is 9.47 Å². The summed E-state index contributed by atoms with van der Waals surface area (Å²) in [4.78, 5) is 0. The maximum absolute atomic E-state index is 6.11. The van der Waals surface area contributed by atoms with Gasteiger partial charge >= 0.3 is 0 Å². The topological polar surface area (TPSA) is 44.5 Å². The number of nitrogens with two attached hydrogens (primary N) is 1. The molecular formula is C13H27NO2. The van der Waals surface area contributed by atoms with Crippen LogP contribution in [0.2, 0.25) is 0 Å². The lowest BCUT2D eigenvalue weighted by Gasteiger charge is -2.40. The third-order valence-electron chi connectivity index (χ3n) is 3.82. The molecule has 0 bridgehead atoms. The van der Waals surface area contributed by atoms with Gasteiger partial charge in [-0.2, -0.15) is 0 Å². The van der Waals surface area contributed by atoms with Crippen molar-refractivity contribution in [2.45, 2.75) is 57.7 Å². The highest BCUT2D eigenvalue weighted by Crippen LogP contribution is 2.36. The van der Waals surface area contributed by atoms with Crippen molar-refractivity contribution in [2.24, 2.45) is 11.7 Å². The van der Waals surface area contributed by atoms with Crippen molar-refractivity contribution in [1.82, 2.24) is 0 Å². The van der Waals surface area contributed by atoms with Crippen LogP contribution in [0.4, 0.5) is 0 Å². The lowest BCUT2D eigenvalue weighted by Crippen LogP contribution is -2.46. The van der Waals surface area contributed by atoms with Crippen LogP contribution in [0.3, 0.4) is 0 Å². The molecule has 2 N–H and O–H groups in total. The van der Waals surface area contributed by atoms with Crippen LogP contribution in [0.15, 0.2) is 0 Å². The van der Waals surface area contributed by atoms with Gasteiger partial charge in [0.25, 0.3) is 0 Å². The van der Waals surface area contributed by atoms with Gasteiger partial charge in [0.2, 0.25) is 0 Å². The molecule has 1 rings (SSSR count). The zero-order valence-electron chi connectivity index (χ0n) is 11.0. The van der Waals surface area contributed by atoms with E-state index in [-0.39, 0.29) is 11.7 Å². The van der Waals surface area contributed by atoms with Gasteiger partial charge in [-0.1, -0.05) is 13.3 Å². The number of ether oxygens (including phenoxy) is 2. The van der Waals surface area contributed by atoms with E-state index in [2.05, 4.69) is 13.8 Å². The molecule has 0 aromatic carbocycles. The van der Waals surface area contributed by atoms with Crippen LogP contribution in [0.5, 0.6) is 0 Å². The van der Waals surface area contributed by atoms with E-state index in [1.54, 1.807) is 7.11 Å². The normalized spacial score (nSPS) is 32.6. The van der Waals surface area contributed by atoms with Crippen LogP contribution >= 0.6 is 0 Å². The van der Waals surface area contributed by atoms with Gasteiger partial charge in [-0.25, -0.2) is 0 Å². The van der Waals surface area contributed by atoms with E-state index in [9.17, 15) is 0 Å². The van der Waals surface area contributed by atoms with Crippen molar-refractivity contribution in [3.05, 3.63) is 0 Å². The summed E-state index contributed by atoms with van der Waals surface area (Å²) in [6, 6.07) is 0. The Balaban J connectivity index is 2.45. The quantitative estimate of drug-likeness (QED) is 0.760. The number of rotatable bonds is 6. The first-order valence-electron chi connectivity index (χ1n) is 6.52. The van der Waals surface area contributed by atoms with Gasteiger partial charge in [-0.3, -0.25) is 0 Å². The highest BCUT2D eigenvalue weighted by Gasteiger charge is 2.35. The standard InChI is InChI=1S/C13H27NO2/c1-4-12-5-7-13(10-14,8-6-12)16-11(2)9-15-3/h11-12H,4-10,14H2,1-3H3. The molecule has 1 aliphatic rings. The van der Waals surface area contributed by atoms with Crippen LogP contribution in [0.25, 0.3) is 0 Å². The first-order chi connectivity index (χ1) is 7.65. The maximum Gasteiger partial charge on any atom is 0.0809 e. The molecule has 16 heavy (non-hydrogen) atoms. The second-order valence-electron chi connectivity index (χ2n) is 5.12. The summed E-state index contributed by atoms with van der Waals surface area (Å²) in [7, 11) is 1.71. The van der Waals surface area contributed by atoms with Crippen LogP contribution in [0.1, 0.15) is 46.0 Å². The minimum absolute atomic E-state index is 0.0797. The summed E-state index contributed by atoms with van der Waals surface area (Å²) < 4.78 is 11.2. The highest BCUT2D eigenvalue weighted by molar-refractivity contribution is 4.88. The highest BCUT2D eigenvalue weighted by atomic mass is 16.5. The maximum atomic E-state index is 6.11. The molecule has 1 aliphatic carbocycles. The van der Waals surface area contributed by atoms with E-state index >= 15 is 0 Å². The zero-order chi connectivity index (χ0) is 12.0. The second-order valence-corrected chi connectivity index (χ2v) is 5.12. The third kappa shape index (κ3) is 3.72. The summed E-state index contributed by atoms with van der Waals surface area (Å²) in [6.07, 6.45) is 6.16. The van der Waals surface area contributed by atoms with E-state index < -0.39 is 0 Å². The van der Waals surface area contributed by atoms with Crippen molar-refractivity contribution in [3.63, 3.8) is 0 Å². The molecule has 1 saturated carbocycles. The summed E-state index contributed by atoms with van der Waals surface area (Å²) in [5.41, 5.74) is 5.82. The zero-order valence-corrected chi connectivity index (χ0v) is 11.0. The fourth-order valence-corrected chi connectivity index (χ4v) is 2.68. The SMILES string of the molecule is CCC1CCC(CN)(OC(C)COC)CC1. The van der Waals surface area contributed by atoms with E-state index in [0.717, 1.165) is 18.8 Å². The Hall–Kier alpha value is -0.120. The second kappa shape index (κ2) is 6.58. The third-order valence-corrected chi connectivity index (χ3v) is 3.82. The summed E-state index contributed by atoms with van der Waals surface area (Å²) in [5.74, 6) is 0.876. The average molecular weight is 229 g/mol. The van der Waals surface area contributed by atoms with Crippen LogP contribution < -0.4 is 5.73 Å². The lowest BCUT2D eigenvalue weighted by molar-refractivity contribution is -0.124. The fourth-order valence-electron chi connectivity index (χ4n) is 2.68. The van der Waals surface area contributed by atoms with E-state index in [4.69, 9.17) is 15.2 Å². The fraction of sp³-hybridized carbons (Fsp3) is 1.00. The first-order valence-corrected chi connectivity index (χ1v) is 6.52. The Morgan fingerprint density at radius 1 is 1.38 bits per heavy atom.